The van der Waals surface area contributed by atoms with Gasteiger partial charge in [0.2, 0.25) is 5.91 Å². The highest BCUT2D eigenvalue weighted by molar-refractivity contribution is 6.36. The van der Waals surface area contributed by atoms with Gasteiger partial charge in [-0.25, -0.2) is 0 Å². The van der Waals surface area contributed by atoms with Gasteiger partial charge in [0, 0.05) is 12.5 Å². The third kappa shape index (κ3) is 3.64. The quantitative estimate of drug-likeness (QED) is 0.698. The topological polar surface area (TPSA) is 98.2 Å². The Hall–Kier alpha value is -1.75. The molecular weight excluding hydrogens is 242 g/mol. The summed E-state index contributed by atoms with van der Waals surface area (Å²) >= 11 is 5.90. The minimum absolute atomic E-state index is 0.0751. The number of hydrogen-bond donors (Lipinski definition) is 3. The van der Waals surface area contributed by atoms with E-state index in [9.17, 15) is 9.59 Å². The molecule has 0 aliphatic carbocycles. The van der Waals surface area contributed by atoms with Crippen molar-refractivity contribution in [2.75, 3.05) is 5.73 Å². The zero-order chi connectivity index (χ0) is 13.0. The van der Waals surface area contributed by atoms with Crippen molar-refractivity contribution in [3.05, 3.63) is 28.8 Å². The first-order valence-corrected chi connectivity index (χ1v) is 5.42. The molecule has 1 unspecified atom stereocenters. The van der Waals surface area contributed by atoms with Gasteiger partial charge in [-0.15, -0.1) is 0 Å². The summed E-state index contributed by atoms with van der Waals surface area (Å²) in [6.07, 6.45) is 0.0751. The van der Waals surface area contributed by atoms with Gasteiger partial charge in [0.15, 0.2) is 0 Å². The van der Waals surface area contributed by atoms with Crippen molar-refractivity contribution in [3.8, 4) is 0 Å². The highest BCUT2D eigenvalue weighted by atomic mass is 35.5. The smallest absolute Gasteiger partial charge is 0.253 e. The predicted molar refractivity (Wildman–Crippen MR) is 66.6 cm³/mol. The van der Waals surface area contributed by atoms with Crippen LogP contribution in [0.4, 0.5) is 5.69 Å². The number of anilines is 1. The van der Waals surface area contributed by atoms with Crippen LogP contribution in [0.3, 0.4) is 0 Å². The first kappa shape index (κ1) is 13.3. The number of hydrogen-bond acceptors (Lipinski definition) is 3. The molecule has 0 spiro atoms. The zero-order valence-corrected chi connectivity index (χ0v) is 10.1. The van der Waals surface area contributed by atoms with E-state index in [-0.39, 0.29) is 29.0 Å². The van der Waals surface area contributed by atoms with Gasteiger partial charge in [0.25, 0.3) is 5.91 Å². The second kappa shape index (κ2) is 5.54. The van der Waals surface area contributed by atoms with Crippen LogP contribution in [0.25, 0.3) is 0 Å². The van der Waals surface area contributed by atoms with Crippen molar-refractivity contribution >= 4 is 29.1 Å². The van der Waals surface area contributed by atoms with Crippen molar-refractivity contribution in [1.82, 2.24) is 5.32 Å². The lowest BCUT2D eigenvalue weighted by Gasteiger charge is -2.13. The molecule has 6 heteroatoms. The third-order valence-corrected chi connectivity index (χ3v) is 2.58. The van der Waals surface area contributed by atoms with E-state index < -0.39 is 5.91 Å². The maximum atomic E-state index is 11.8. The number of benzene rings is 1. The van der Waals surface area contributed by atoms with Crippen molar-refractivity contribution < 1.29 is 9.59 Å². The average molecular weight is 256 g/mol. The standard InChI is InChI=1S/C11H14ClN3O2/c1-6(5-9(14)16)15-11(17)7-3-2-4-8(13)10(7)12/h2-4,6H,5,13H2,1H3,(H2,14,16)(H,15,17). The van der Waals surface area contributed by atoms with Gasteiger partial charge in [-0.05, 0) is 19.1 Å². The van der Waals surface area contributed by atoms with E-state index in [2.05, 4.69) is 5.32 Å². The summed E-state index contributed by atoms with van der Waals surface area (Å²) < 4.78 is 0. The van der Waals surface area contributed by atoms with Gasteiger partial charge in [0.1, 0.15) is 0 Å². The summed E-state index contributed by atoms with van der Waals surface area (Å²) in [6.45, 7) is 1.68. The van der Waals surface area contributed by atoms with Crippen molar-refractivity contribution in [2.24, 2.45) is 5.73 Å². The molecular formula is C11H14ClN3O2. The van der Waals surface area contributed by atoms with Gasteiger partial charge in [-0.1, -0.05) is 17.7 Å². The molecule has 2 amide bonds. The highest BCUT2D eigenvalue weighted by Gasteiger charge is 2.15. The number of nitrogens with one attached hydrogen (secondary N) is 1. The Labute approximate surface area is 104 Å². The van der Waals surface area contributed by atoms with Crippen molar-refractivity contribution in [1.29, 1.82) is 0 Å². The molecule has 1 aromatic carbocycles. The Bertz CT molecular complexity index is 448. The molecule has 0 heterocycles. The van der Waals surface area contributed by atoms with Crippen LogP contribution in [0.15, 0.2) is 18.2 Å². The molecule has 0 radical (unpaired) electrons. The summed E-state index contributed by atoms with van der Waals surface area (Å²) in [5.74, 6) is -0.854. The summed E-state index contributed by atoms with van der Waals surface area (Å²) in [4.78, 5) is 22.5. The van der Waals surface area contributed by atoms with E-state index in [4.69, 9.17) is 23.1 Å². The highest BCUT2D eigenvalue weighted by Crippen LogP contribution is 2.22. The lowest BCUT2D eigenvalue weighted by atomic mass is 10.1. The first-order chi connectivity index (χ1) is 7.91. The molecule has 0 saturated heterocycles. The van der Waals surface area contributed by atoms with Crippen molar-refractivity contribution in [3.63, 3.8) is 0 Å². The zero-order valence-electron chi connectivity index (χ0n) is 9.37. The van der Waals surface area contributed by atoms with E-state index in [1.807, 2.05) is 0 Å². The molecule has 5 N–H and O–H groups in total. The van der Waals surface area contributed by atoms with E-state index in [1.165, 1.54) is 0 Å². The molecule has 0 bridgehead atoms. The van der Waals surface area contributed by atoms with Crippen LogP contribution >= 0.6 is 11.6 Å². The molecule has 92 valence electrons. The Balaban J connectivity index is 2.77. The van der Waals surface area contributed by atoms with Gasteiger partial charge < -0.3 is 16.8 Å². The molecule has 1 atom stereocenters. The second-order valence-electron chi connectivity index (χ2n) is 3.75. The molecule has 0 aliphatic rings. The molecule has 1 rings (SSSR count). The normalized spacial score (nSPS) is 11.9. The van der Waals surface area contributed by atoms with Crippen LogP contribution in [0, 0.1) is 0 Å². The van der Waals surface area contributed by atoms with Crippen molar-refractivity contribution in [2.45, 2.75) is 19.4 Å². The summed E-state index contributed by atoms with van der Waals surface area (Å²) in [6, 6.07) is 4.45. The SMILES string of the molecule is CC(CC(N)=O)NC(=O)c1cccc(N)c1Cl. The Morgan fingerprint density at radius 3 is 2.71 bits per heavy atom. The van der Waals surface area contributed by atoms with E-state index >= 15 is 0 Å². The number of halogens is 1. The number of primary amides is 1. The van der Waals surface area contributed by atoms with Gasteiger partial charge >= 0.3 is 0 Å². The van der Waals surface area contributed by atoms with E-state index in [0.29, 0.717) is 5.69 Å². The summed E-state index contributed by atoms with van der Waals surface area (Å²) in [7, 11) is 0. The predicted octanol–water partition coefficient (Wildman–Crippen LogP) is 0.916. The molecule has 5 nitrogen and oxygen atoms in total. The monoisotopic (exact) mass is 255 g/mol. The molecule has 17 heavy (non-hydrogen) atoms. The lowest BCUT2D eigenvalue weighted by molar-refractivity contribution is -0.118. The minimum Gasteiger partial charge on any atom is -0.398 e. The van der Waals surface area contributed by atoms with E-state index in [1.54, 1.807) is 25.1 Å². The third-order valence-electron chi connectivity index (χ3n) is 2.16. The summed E-state index contributed by atoms with van der Waals surface area (Å²) in [5, 5.41) is 2.82. The number of nitrogens with two attached hydrogens (primary N) is 2. The molecule has 1 aromatic rings. The number of carbonyl (C=O) groups is 2. The maximum Gasteiger partial charge on any atom is 0.253 e. The summed E-state index contributed by atoms with van der Waals surface area (Å²) in [5.41, 5.74) is 11.2. The van der Waals surface area contributed by atoms with Gasteiger partial charge in [-0.2, -0.15) is 0 Å². The number of nitrogen functional groups attached to an aromatic ring is 1. The van der Waals surface area contributed by atoms with Crippen LogP contribution in [0.2, 0.25) is 5.02 Å². The van der Waals surface area contributed by atoms with Crippen LogP contribution in [-0.2, 0) is 4.79 Å². The average Bonchev–Trinajstić information content (AvgIpc) is 2.20. The van der Waals surface area contributed by atoms with Crippen LogP contribution in [-0.4, -0.2) is 17.9 Å². The first-order valence-electron chi connectivity index (χ1n) is 5.05. The fraction of sp³-hybridized carbons (Fsp3) is 0.273. The van der Waals surface area contributed by atoms with Gasteiger partial charge in [0.05, 0.1) is 16.3 Å². The fourth-order valence-corrected chi connectivity index (χ4v) is 1.59. The molecule has 0 saturated carbocycles. The molecule has 0 aliphatic heterocycles. The molecule has 0 fully saturated rings. The fourth-order valence-electron chi connectivity index (χ4n) is 1.38. The Kier molecular flexibility index (Phi) is 4.34. The minimum atomic E-state index is -0.475. The second-order valence-corrected chi connectivity index (χ2v) is 4.13. The Morgan fingerprint density at radius 2 is 2.12 bits per heavy atom. The number of carbonyl (C=O) groups excluding carboxylic acids is 2. The lowest BCUT2D eigenvalue weighted by Crippen LogP contribution is -2.35. The largest absolute Gasteiger partial charge is 0.398 e. The van der Waals surface area contributed by atoms with E-state index in [0.717, 1.165) is 0 Å². The number of rotatable bonds is 4. The van der Waals surface area contributed by atoms with Crippen LogP contribution in [0.5, 0.6) is 0 Å². The maximum absolute atomic E-state index is 11.8. The van der Waals surface area contributed by atoms with Gasteiger partial charge in [-0.3, -0.25) is 9.59 Å². The molecule has 0 aromatic heterocycles. The Morgan fingerprint density at radius 1 is 1.47 bits per heavy atom. The van der Waals surface area contributed by atoms with Crippen LogP contribution < -0.4 is 16.8 Å². The number of amides is 2. The van der Waals surface area contributed by atoms with Crippen LogP contribution in [0.1, 0.15) is 23.7 Å².